The highest BCUT2D eigenvalue weighted by Gasteiger charge is 2.13. The Bertz CT molecular complexity index is 517. The van der Waals surface area contributed by atoms with Gasteiger partial charge in [-0.05, 0) is 12.1 Å². The Kier molecular flexibility index (Phi) is 4.14. The van der Waals surface area contributed by atoms with E-state index in [2.05, 4.69) is 4.74 Å². The number of nitrogens with zero attached hydrogens (tertiary/aromatic N) is 1. The molecule has 94 valence electrons. The second-order valence-electron chi connectivity index (χ2n) is 3.19. The monoisotopic (exact) mass is 251 g/mol. The van der Waals surface area contributed by atoms with E-state index in [0.717, 1.165) is 7.11 Å². The fourth-order valence-corrected chi connectivity index (χ4v) is 1.12. The van der Waals surface area contributed by atoms with Gasteiger partial charge in [0.05, 0.1) is 12.0 Å². The van der Waals surface area contributed by atoms with Crippen LogP contribution in [0.25, 0.3) is 5.76 Å². The normalized spacial score (nSPS) is 10.8. The van der Waals surface area contributed by atoms with Crippen molar-refractivity contribution in [2.75, 3.05) is 7.11 Å². The van der Waals surface area contributed by atoms with E-state index in [1.165, 1.54) is 24.3 Å². The van der Waals surface area contributed by atoms with Crippen LogP contribution in [0.1, 0.15) is 5.56 Å². The first kappa shape index (κ1) is 13.4. The predicted octanol–water partition coefficient (Wildman–Crippen LogP) is 1.24. The van der Waals surface area contributed by atoms with Gasteiger partial charge in [-0.25, -0.2) is 4.79 Å². The highest BCUT2D eigenvalue weighted by molar-refractivity contribution is 6.39. The highest BCUT2D eigenvalue weighted by atomic mass is 16.6. The summed E-state index contributed by atoms with van der Waals surface area (Å²) in [4.78, 5) is 31.7. The van der Waals surface area contributed by atoms with Crippen LogP contribution < -0.4 is 0 Å². The van der Waals surface area contributed by atoms with Crippen LogP contribution >= 0.6 is 0 Å². The third kappa shape index (κ3) is 3.14. The van der Waals surface area contributed by atoms with E-state index in [4.69, 9.17) is 0 Å². The lowest BCUT2D eigenvalue weighted by Crippen LogP contribution is -2.13. The van der Waals surface area contributed by atoms with Crippen molar-refractivity contribution in [2.24, 2.45) is 0 Å². The van der Waals surface area contributed by atoms with Crippen LogP contribution in [0.5, 0.6) is 0 Å². The number of aliphatic hydroxyl groups is 1. The number of carbonyl (C=O) groups excluding carboxylic acids is 2. The quantitative estimate of drug-likeness (QED) is 0.215. The van der Waals surface area contributed by atoms with Crippen molar-refractivity contribution in [3.63, 3.8) is 0 Å². The number of carbonyl (C=O) groups is 2. The molecule has 0 amide bonds. The zero-order valence-electron chi connectivity index (χ0n) is 9.32. The summed E-state index contributed by atoms with van der Waals surface area (Å²) in [6.07, 6.45) is 0.688. The van der Waals surface area contributed by atoms with Gasteiger partial charge >= 0.3 is 5.97 Å². The number of aliphatic hydroxyl groups excluding tert-OH is 1. The van der Waals surface area contributed by atoms with Crippen molar-refractivity contribution in [1.82, 2.24) is 0 Å². The van der Waals surface area contributed by atoms with E-state index in [1.54, 1.807) is 0 Å². The Morgan fingerprint density at radius 2 is 1.89 bits per heavy atom. The number of nitro benzene ring substituents is 1. The lowest BCUT2D eigenvalue weighted by molar-refractivity contribution is -0.384. The van der Waals surface area contributed by atoms with E-state index in [0.29, 0.717) is 6.08 Å². The molecule has 1 aromatic rings. The first-order chi connectivity index (χ1) is 8.45. The van der Waals surface area contributed by atoms with Crippen molar-refractivity contribution < 1.29 is 24.4 Å². The maximum atomic E-state index is 11.1. The van der Waals surface area contributed by atoms with Crippen LogP contribution in [0.15, 0.2) is 30.3 Å². The number of rotatable bonds is 4. The Labute approximate surface area is 101 Å². The molecule has 0 aromatic heterocycles. The van der Waals surface area contributed by atoms with Crippen molar-refractivity contribution in [3.8, 4) is 0 Å². The fourth-order valence-electron chi connectivity index (χ4n) is 1.12. The molecular weight excluding hydrogens is 242 g/mol. The van der Waals surface area contributed by atoms with Crippen molar-refractivity contribution >= 4 is 23.2 Å². The molecule has 1 N–H and O–H groups in total. The summed E-state index contributed by atoms with van der Waals surface area (Å²) in [5.74, 6) is -2.60. The number of esters is 1. The van der Waals surface area contributed by atoms with Gasteiger partial charge in [-0.15, -0.1) is 0 Å². The van der Waals surface area contributed by atoms with Crippen LogP contribution in [0.3, 0.4) is 0 Å². The third-order valence-electron chi connectivity index (χ3n) is 2.03. The van der Waals surface area contributed by atoms with Crippen LogP contribution in [-0.2, 0) is 14.3 Å². The number of methoxy groups -OCH3 is 1. The standard InChI is InChI=1S/C11H9NO6/c1-18-11(15)10(14)6-9(13)7-2-4-8(5-3-7)12(16)17/h2-6,13H,1H3. The Morgan fingerprint density at radius 1 is 1.33 bits per heavy atom. The van der Waals surface area contributed by atoms with E-state index in [-0.39, 0.29) is 11.3 Å². The van der Waals surface area contributed by atoms with Crippen LogP contribution in [-0.4, -0.2) is 28.9 Å². The molecule has 0 saturated carbocycles. The van der Waals surface area contributed by atoms with Crippen LogP contribution in [0.4, 0.5) is 5.69 Å². The Balaban J connectivity index is 2.93. The van der Waals surface area contributed by atoms with Gasteiger partial charge in [0.1, 0.15) is 5.76 Å². The zero-order valence-corrected chi connectivity index (χ0v) is 9.32. The molecule has 0 spiro atoms. The van der Waals surface area contributed by atoms with Gasteiger partial charge in [-0.2, -0.15) is 0 Å². The van der Waals surface area contributed by atoms with E-state index >= 15 is 0 Å². The smallest absolute Gasteiger partial charge is 0.378 e. The SMILES string of the molecule is COC(=O)C(=O)C=C(O)c1ccc([N+](=O)[O-])cc1. The highest BCUT2D eigenvalue weighted by Crippen LogP contribution is 2.16. The summed E-state index contributed by atoms with van der Waals surface area (Å²) in [5.41, 5.74) is 0.0312. The molecule has 0 heterocycles. The van der Waals surface area contributed by atoms with Gasteiger partial charge in [-0.1, -0.05) is 0 Å². The molecule has 0 fully saturated rings. The number of nitro groups is 1. The summed E-state index contributed by atoms with van der Waals surface area (Å²) in [6.45, 7) is 0. The minimum atomic E-state index is -1.11. The molecule has 0 saturated heterocycles. The number of hydrogen-bond acceptors (Lipinski definition) is 6. The Morgan fingerprint density at radius 3 is 2.33 bits per heavy atom. The summed E-state index contributed by atoms with van der Waals surface area (Å²) >= 11 is 0. The van der Waals surface area contributed by atoms with E-state index < -0.39 is 22.4 Å². The summed E-state index contributed by atoms with van der Waals surface area (Å²) < 4.78 is 4.17. The number of ketones is 1. The van der Waals surface area contributed by atoms with E-state index in [9.17, 15) is 24.8 Å². The topological polar surface area (TPSA) is 107 Å². The molecule has 0 aliphatic rings. The van der Waals surface area contributed by atoms with Gasteiger partial charge < -0.3 is 9.84 Å². The molecule has 18 heavy (non-hydrogen) atoms. The molecular formula is C11H9NO6. The van der Waals surface area contributed by atoms with E-state index in [1.807, 2.05) is 0 Å². The summed E-state index contributed by atoms with van der Waals surface area (Å²) in [7, 11) is 1.04. The molecule has 0 atom stereocenters. The van der Waals surface area contributed by atoms with Crippen LogP contribution in [0.2, 0.25) is 0 Å². The molecule has 0 aliphatic carbocycles. The maximum Gasteiger partial charge on any atom is 0.378 e. The average molecular weight is 251 g/mol. The summed E-state index contributed by atoms with van der Waals surface area (Å²) in [6, 6.07) is 4.85. The number of hydrogen-bond donors (Lipinski definition) is 1. The van der Waals surface area contributed by atoms with Gasteiger partial charge in [0.2, 0.25) is 0 Å². The molecule has 7 heteroatoms. The number of benzene rings is 1. The predicted molar refractivity (Wildman–Crippen MR) is 60.7 cm³/mol. The van der Waals surface area contributed by atoms with Crippen LogP contribution in [0, 0.1) is 10.1 Å². The lowest BCUT2D eigenvalue weighted by Gasteiger charge is -1.99. The Hall–Kier alpha value is -2.70. The minimum absolute atomic E-state index is 0.147. The first-order valence-electron chi connectivity index (χ1n) is 4.73. The molecule has 0 aliphatic heterocycles. The molecule has 0 bridgehead atoms. The maximum absolute atomic E-state index is 11.1. The largest absolute Gasteiger partial charge is 0.507 e. The number of non-ortho nitro benzene ring substituents is 1. The van der Waals surface area contributed by atoms with Gasteiger partial charge in [-0.3, -0.25) is 14.9 Å². The third-order valence-corrected chi connectivity index (χ3v) is 2.03. The molecule has 1 rings (SSSR count). The average Bonchev–Trinajstić information content (AvgIpc) is 2.37. The van der Waals surface area contributed by atoms with Gasteiger partial charge in [0, 0.05) is 23.8 Å². The fraction of sp³-hybridized carbons (Fsp3) is 0.0909. The molecule has 0 unspecified atom stereocenters. The zero-order chi connectivity index (χ0) is 13.7. The summed E-state index contributed by atoms with van der Waals surface area (Å²) in [5, 5.41) is 19.9. The van der Waals surface area contributed by atoms with Crippen molar-refractivity contribution in [2.45, 2.75) is 0 Å². The molecule has 7 nitrogen and oxygen atoms in total. The second-order valence-corrected chi connectivity index (χ2v) is 3.19. The van der Waals surface area contributed by atoms with Gasteiger partial charge in [0.15, 0.2) is 0 Å². The van der Waals surface area contributed by atoms with Crippen molar-refractivity contribution in [1.29, 1.82) is 0 Å². The van der Waals surface area contributed by atoms with Crippen molar-refractivity contribution in [3.05, 3.63) is 46.0 Å². The lowest BCUT2D eigenvalue weighted by atomic mass is 10.1. The second kappa shape index (κ2) is 5.58. The van der Waals surface area contributed by atoms with Gasteiger partial charge in [0.25, 0.3) is 11.5 Å². The number of ether oxygens (including phenoxy) is 1. The first-order valence-corrected chi connectivity index (χ1v) is 4.73. The molecule has 0 radical (unpaired) electrons. The minimum Gasteiger partial charge on any atom is -0.507 e. The molecule has 1 aromatic carbocycles.